The minimum absolute atomic E-state index is 0.0730. The minimum atomic E-state index is 0.0730. The molecule has 0 aliphatic carbocycles. The van der Waals surface area contributed by atoms with Crippen molar-refractivity contribution >= 4 is 11.9 Å². The molecule has 9 nitrogen and oxygen atoms in total. The molecule has 0 unspecified atom stereocenters. The van der Waals surface area contributed by atoms with Gasteiger partial charge < -0.3 is 20.3 Å². The van der Waals surface area contributed by atoms with Gasteiger partial charge in [0.2, 0.25) is 5.95 Å². The molecule has 0 bridgehead atoms. The van der Waals surface area contributed by atoms with Crippen LogP contribution < -0.4 is 15.5 Å². The number of hydrogen-bond acceptors (Lipinski definition) is 7. The Balaban J connectivity index is 1.30. The molecule has 0 aromatic carbocycles. The maximum Gasteiger partial charge on any atom is 0.225 e. The van der Waals surface area contributed by atoms with Crippen LogP contribution in [0.25, 0.3) is 0 Å². The largest absolute Gasteiger partial charge is 0.379 e. The van der Waals surface area contributed by atoms with Crippen LogP contribution in [-0.4, -0.2) is 110 Å². The maximum absolute atomic E-state index is 5.47. The van der Waals surface area contributed by atoms with Crippen LogP contribution in [0.5, 0.6) is 0 Å². The lowest BCUT2D eigenvalue weighted by Crippen LogP contribution is -2.56. The number of aromatic nitrogens is 2. The molecule has 1 aromatic heterocycles. The molecule has 2 fully saturated rings. The van der Waals surface area contributed by atoms with Crippen molar-refractivity contribution in [2.75, 3.05) is 84.1 Å². The van der Waals surface area contributed by atoms with Gasteiger partial charge in [-0.05, 0) is 32.9 Å². The van der Waals surface area contributed by atoms with E-state index in [0.29, 0.717) is 0 Å². The highest BCUT2D eigenvalue weighted by atomic mass is 16.5. The molecule has 3 rings (SSSR count). The summed E-state index contributed by atoms with van der Waals surface area (Å²) in [6.07, 6.45) is 4.71. The SMILES string of the molecule is CN=C(NCCCN1CCN(c2ncccn2)CC1)NCC(C)(C)N1CCOCC1. The van der Waals surface area contributed by atoms with E-state index >= 15 is 0 Å². The molecule has 9 heteroatoms. The van der Waals surface area contributed by atoms with Gasteiger partial charge in [-0.25, -0.2) is 9.97 Å². The number of guanidine groups is 1. The van der Waals surface area contributed by atoms with Crippen LogP contribution >= 0.6 is 0 Å². The van der Waals surface area contributed by atoms with Gasteiger partial charge in [0.15, 0.2) is 5.96 Å². The zero-order valence-corrected chi connectivity index (χ0v) is 18.8. The summed E-state index contributed by atoms with van der Waals surface area (Å²) in [6, 6.07) is 1.86. The quantitative estimate of drug-likeness (QED) is 0.354. The lowest BCUT2D eigenvalue weighted by Gasteiger charge is -2.41. The Morgan fingerprint density at radius 2 is 1.77 bits per heavy atom. The first kappa shape index (κ1) is 22.7. The van der Waals surface area contributed by atoms with Gasteiger partial charge >= 0.3 is 0 Å². The predicted octanol–water partition coefficient (Wildman–Crippen LogP) is 0.265. The molecule has 2 saturated heterocycles. The fourth-order valence-electron chi connectivity index (χ4n) is 3.94. The van der Waals surface area contributed by atoms with E-state index in [4.69, 9.17) is 4.74 Å². The first-order valence-electron chi connectivity index (χ1n) is 11.1. The lowest BCUT2D eigenvalue weighted by molar-refractivity contribution is -0.00833. The fraction of sp³-hybridized carbons (Fsp3) is 0.762. The highest BCUT2D eigenvalue weighted by Crippen LogP contribution is 2.15. The van der Waals surface area contributed by atoms with Gasteiger partial charge in [0, 0.05) is 77.3 Å². The van der Waals surface area contributed by atoms with Gasteiger partial charge in [0.05, 0.1) is 13.2 Å². The second kappa shape index (κ2) is 11.4. The molecule has 3 heterocycles. The second-order valence-corrected chi connectivity index (χ2v) is 8.50. The van der Waals surface area contributed by atoms with E-state index in [1.165, 1.54) is 0 Å². The summed E-state index contributed by atoms with van der Waals surface area (Å²) in [5, 5.41) is 6.95. The van der Waals surface area contributed by atoms with Crippen molar-refractivity contribution in [3.63, 3.8) is 0 Å². The van der Waals surface area contributed by atoms with E-state index in [9.17, 15) is 0 Å². The summed E-state index contributed by atoms with van der Waals surface area (Å²) in [5.41, 5.74) is 0.0730. The van der Waals surface area contributed by atoms with E-state index in [1.807, 2.05) is 25.5 Å². The highest BCUT2D eigenvalue weighted by molar-refractivity contribution is 5.79. The Morgan fingerprint density at radius 3 is 2.43 bits per heavy atom. The Hall–Kier alpha value is -1.97. The first-order valence-corrected chi connectivity index (χ1v) is 11.1. The molecule has 0 spiro atoms. The van der Waals surface area contributed by atoms with E-state index in [1.54, 1.807) is 0 Å². The molecule has 0 atom stereocenters. The summed E-state index contributed by atoms with van der Waals surface area (Å²) < 4.78 is 5.47. The Morgan fingerprint density at radius 1 is 1.07 bits per heavy atom. The summed E-state index contributed by atoms with van der Waals surface area (Å²) >= 11 is 0. The van der Waals surface area contributed by atoms with Crippen LogP contribution in [0.15, 0.2) is 23.5 Å². The van der Waals surface area contributed by atoms with Gasteiger partial charge in [0.25, 0.3) is 0 Å². The van der Waals surface area contributed by atoms with Crippen molar-refractivity contribution < 1.29 is 4.74 Å². The third-order valence-corrected chi connectivity index (χ3v) is 5.93. The molecule has 0 saturated carbocycles. The van der Waals surface area contributed by atoms with E-state index in [2.05, 4.69) is 54.1 Å². The lowest BCUT2D eigenvalue weighted by atomic mass is 10.0. The zero-order chi connectivity index (χ0) is 21.2. The minimum Gasteiger partial charge on any atom is -0.379 e. The van der Waals surface area contributed by atoms with Crippen LogP contribution in [-0.2, 0) is 4.74 Å². The van der Waals surface area contributed by atoms with E-state index in [-0.39, 0.29) is 5.54 Å². The molecule has 0 radical (unpaired) electrons. The normalized spacial score (nSPS) is 19.7. The standard InChI is InChI=1S/C21H38N8O/c1-21(2,29-14-16-30-17-15-29)18-26-19(22-3)23-8-5-9-27-10-12-28(13-11-27)20-24-6-4-7-25-20/h4,6-7H,5,8-18H2,1-3H3,(H2,22,23,26). The van der Waals surface area contributed by atoms with Crippen molar-refractivity contribution in [1.82, 2.24) is 30.4 Å². The third kappa shape index (κ3) is 6.78. The number of morpholine rings is 1. The van der Waals surface area contributed by atoms with Crippen LogP contribution in [0, 0.1) is 0 Å². The molecular weight excluding hydrogens is 380 g/mol. The predicted molar refractivity (Wildman–Crippen MR) is 121 cm³/mol. The van der Waals surface area contributed by atoms with Crippen molar-refractivity contribution in [3.8, 4) is 0 Å². The molecule has 0 amide bonds. The Kier molecular flexibility index (Phi) is 8.65. The van der Waals surface area contributed by atoms with Crippen molar-refractivity contribution in [1.29, 1.82) is 0 Å². The third-order valence-electron chi connectivity index (χ3n) is 5.93. The van der Waals surface area contributed by atoms with Gasteiger partial charge in [-0.15, -0.1) is 0 Å². The highest BCUT2D eigenvalue weighted by Gasteiger charge is 2.28. The summed E-state index contributed by atoms with van der Waals surface area (Å²) in [5.74, 6) is 1.72. The number of rotatable bonds is 8. The smallest absolute Gasteiger partial charge is 0.225 e. The van der Waals surface area contributed by atoms with E-state index < -0.39 is 0 Å². The summed E-state index contributed by atoms with van der Waals surface area (Å²) in [7, 11) is 1.84. The second-order valence-electron chi connectivity index (χ2n) is 8.50. The Labute approximate surface area is 180 Å². The monoisotopic (exact) mass is 418 g/mol. The number of nitrogens with one attached hydrogen (secondary N) is 2. The summed E-state index contributed by atoms with van der Waals surface area (Å²) in [4.78, 5) is 20.3. The Bertz CT molecular complexity index is 640. The first-order chi connectivity index (χ1) is 14.6. The van der Waals surface area contributed by atoms with Crippen molar-refractivity contribution in [2.24, 2.45) is 4.99 Å². The number of anilines is 1. The number of hydrogen-bond donors (Lipinski definition) is 2. The van der Waals surface area contributed by atoms with Gasteiger partial charge in [0.1, 0.15) is 0 Å². The van der Waals surface area contributed by atoms with Gasteiger partial charge in [-0.3, -0.25) is 14.8 Å². The average molecular weight is 419 g/mol. The van der Waals surface area contributed by atoms with Gasteiger partial charge in [-0.1, -0.05) is 0 Å². The molecule has 30 heavy (non-hydrogen) atoms. The zero-order valence-electron chi connectivity index (χ0n) is 18.8. The van der Waals surface area contributed by atoms with Crippen LogP contribution in [0.1, 0.15) is 20.3 Å². The number of nitrogens with zero attached hydrogens (tertiary/aromatic N) is 6. The average Bonchev–Trinajstić information content (AvgIpc) is 2.80. The summed E-state index contributed by atoms with van der Waals surface area (Å²) in [6.45, 7) is 15.1. The molecule has 2 aliphatic heterocycles. The number of ether oxygens (including phenoxy) is 1. The fourth-order valence-corrected chi connectivity index (χ4v) is 3.94. The topological polar surface area (TPSA) is 81.2 Å². The number of aliphatic imine (C=N–C) groups is 1. The molecule has 1 aromatic rings. The van der Waals surface area contributed by atoms with Crippen LogP contribution in [0.4, 0.5) is 5.95 Å². The molecular formula is C21H38N8O. The van der Waals surface area contributed by atoms with Gasteiger partial charge in [-0.2, -0.15) is 0 Å². The molecule has 2 aliphatic rings. The number of piperazine rings is 1. The van der Waals surface area contributed by atoms with Crippen LogP contribution in [0.2, 0.25) is 0 Å². The molecule has 2 N–H and O–H groups in total. The van der Waals surface area contributed by atoms with Crippen molar-refractivity contribution in [2.45, 2.75) is 25.8 Å². The van der Waals surface area contributed by atoms with Crippen molar-refractivity contribution in [3.05, 3.63) is 18.5 Å². The van der Waals surface area contributed by atoms with Crippen LogP contribution in [0.3, 0.4) is 0 Å². The van der Waals surface area contributed by atoms with E-state index in [0.717, 1.165) is 90.4 Å². The maximum atomic E-state index is 5.47. The molecule has 168 valence electrons.